The molecule has 1 aliphatic rings. The standard InChI is InChI=1S/C23H20BrN3O4/c1-25-19-17(22(29)26(2)23(25)30)18(15-8-3-4-9-16(15)24)27-10-11-31-21(20(19)27)13-6-5-7-14(28)12-13/h3-9,12,21,28H,10-11H2,1-2H3. The third kappa shape index (κ3) is 2.90. The lowest BCUT2D eigenvalue weighted by Gasteiger charge is -2.28. The minimum absolute atomic E-state index is 0.130. The number of aryl methyl sites for hydroxylation is 1. The normalized spacial score (nSPS) is 15.9. The monoisotopic (exact) mass is 481 g/mol. The number of benzene rings is 2. The summed E-state index contributed by atoms with van der Waals surface area (Å²) >= 11 is 3.62. The van der Waals surface area contributed by atoms with Crippen LogP contribution in [0.3, 0.4) is 0 Å². The maximum atomic E-state index is 13.4. The Bertz CT molecular complexity index is 1460. The van der Waals surface area contributed by atoms with Crippen molar-refractivity contribution in [2.24, 2.45) is 14.1 Å². The SMILES string of the molecule is Cn1c(=O)c2c(-c3ccccc3Br)n3c(c2n(C)c1=O)C(c1cccc(O)c1)OCC3. The smallest absolute Gasteiger partial charge is 0.331 e. The summed E-state index contributed by atoms with van der Waals surface area (Å²) in [6.45, 7) is 0.966. The Morgan fingerprint density at radius 1 is 1.06 bits per heavy atom. The van der Waals surface area contributed by atoms with Gasteiger partial charge < -0.3 is 14.4 Å². The lowest BCUT2D eigenvalue weighted by atomic mass is 10.0. The Kier molecular flexibility index (Phi) is 4.64. The minimum Gasteiger partial charge on any atom is -0.508 e. The lowest BCUT2D eigenvalue weighted by molar-refractivity contribution is 0.0477. The molecule has 5 rings (SSSR count). The molecule has 1 atom stereocenters. The van der Waals surface area contributed by atoms with Gasteiger partial charge in [0, 0.05) is 30.7 Å². The van der Waals surface area contributed by atoms with E-state index >= 15 is 0 Å². The Morgan fingerprint density at radius 3 is 2.58 bits per heavy atom. The highest BCUT2D eigenvalue weighted by molar-refractivity contribution is 9.10. The molecule has 31 heavy (non-hydrogen) atoms. The van der Waals surface area contributed by atoms with Crippen molar-refractivity contribution in [3.63, 3.8) is 0 Å². The van der Waals surface area contributed by atoms with Gasteiger partial charge in [0.05, 0.1) is 28.9 Å². The Labute approximate surface area is 185 Å². The van der Waals surface area contributed by atoms with Crippen LogP contribution in [0.1, 0.15) is 17.4 Å². The highest BCUT2D eigenvalue weighted by Crippen LogP contribution is 2.42. The van der Waals surface area contributed by atoms with Gasteiger partial charge in [0.25, 0.3) is 5.56 Å². The highest BCUT2D eigenvalue weighted by Gasteiger charge is 2.33. The number of rotatable bonds is 2. The second-order valence-corrected chi connectivity index (χ2v) is 8.49. The zero-order valence-electron chi connectivity index (χ0n) is 17.0. The summed E-state index contributed by atoms with van der Waals surface area (Å²) in [5.41, 5.74) is 2.91. The van der Waals surface area contributed by atoms with E-state index in [-0.39, 0.29) is 11.3 Å². The van der Waals surface area contributed by atoms with Crippen LogP contribution in [0.2, 0.25) is 0 Å². The molecule has 0 fully saturated rings. The molecule has 2 aromatic carbocycles. The number of phenolic OH excluding ortho intramolecular Hbond substituents is 1. The van der Waals surface area contributed by atoms with Crippen molar-refractivity contribution >= 4 is 26.8 Å². The molecule has 0 amide bonds. The van der Waals surface area contributed by atoms with Crippen molar-refractivity contribution in [1.82, 2.24) is 13.7 Å². The van der Waals surface area contributed by atoms with Crippen molar-refractivity contribution in [3.8, 4) is 17.0 Å². The van der Waals surface area contributed by atoms with Gasteiger partial charge in [-0.1, -0.05) is 46.3 Å². The van der Waals surface area contributed by atoms with Crippen molar-refractivity contribution in [2.75, 3.05) is 6.61 Å². The van der Waals surface area contributed by atoms with Crippen LogP contribution in [0, 0.1) is 0 Å². The average Bonchev–Trinajstić information content (AvgIpc) is 3.12. The van der Waals surface area contributed by atoms with E-state index in [9.17, 15) is 14.7 Å². The maximum Gasteiger partial charge on any atom is 0.331 e. The third-order valence-electron chi connectivity index (χ3n) is 5.85. The molecular formula is C23H20BrN3O4. The van der Waals surface area contributed by atoms with Crippen LogP contribution >= 0.6 is 15.9 Å². The molecule has 7 nitrogen and oxygen atoms in total. The molecule has 1 unspecified atom stereocenters. The molecular weight excluding hydrogens is 462 g/mol. The summed E-state index contributed by atoms with van der Waals surface area (Å²) in [5, 5.41) is 10.5. The van der Waals surface area contributed by atoms with Crippen molar-refractivity contribution in [2.45, 2.75) is 12.6 Å². The Morgan fingerprint density at radius 2 is 1.84 bits per heavy atom. The topological polar surface area (TPSA) is 78.4 Å². The second kappa shape index (κ2) is 7.25. The van der Waals surface area contributed by atoms with Crippen molar-refractivity contribution in [3.05, 3.63) is 85.1 Å². The molecule has 0 saturated carbocycles. The van der Waals surface area contributed by atoms with Crippen LogP contribution in [0.5, 0.6) is 5.75 Å². The van der Waals surface area contributed by atoms with Gasteiger partial charge in [0.1, 0.15) is 11.9 Å². The number of hydrogen-bond donors (Lipinski definition) is 1. The molecule has 0 bridgehead atoms. The van der Waals surface area contributed by atoms with Gasteiger partial charge >= 0.3 is 5.69 Å². The fourth-order valence-electron chi connectivity index (χ4n) is 4.45. The number of nitrogens with zero attached hydrogens (tertiary/aromatic N) is 3. The summed E-state index contributed by atoms with van der Waals surface area (Å²) in [6.07, 6.45) is -0.530. The predicted octanol–water partition coefficient (Wildman–Crippen LogP) is 3.29. The predicted molar refractivity (Wildman–Crippen MR) is 121 cm³/mol. The number of phenols is 1. The highest BCUT2D eigenvalue weighted by atomic mass is 79.9. The molecule has 158 valence electrons. The van der Waals surface area contributed by atoms with Gasteiger partial charge in [-0.2, -0.15) is 0 Å². The molecule has 0 saturated heterocycles. The van der Waals surface area contributed by atoms with E-state index in [1.807, 2.05) is 30.3 Å². The van der Waals surface area contributed by atoms with E-state index in [4.69, 9.17) is 4.74 Å². The molecule has 0 aliphatic carbocycles. The molecule has 0 spiro atoms. The van der Waals surface area contributed by atoms with E-state index in [1.54, 1.807) is 25.2 Å². The summed E-state index contributed by atoms with van der Waals surface area (Å²) in [5.74, 6) is 0.130. The number of fused-ring (bicyclic) bond motifs is 3. The van der Waals surface area contributed by atoms with Gasteiger partial charge in [-0.15, -0.1) is 0 Å². The van der Waals surface area contributed by atoms with E-state index in [2.05, 4.69) is 20.5 Å². The fraction of sp³-hybridized carbons (Fsp3) is 0.217. The number of ether oxygens (including phenoxy) is 1. The zero-order valence-corrected chi connectivity index (χ0v) is 18.6. The van der Waals surface area contributed by atoms with Crippen LogP contribution in [-0.2, 0) is 25.4 Å². The summed E-state index contributed by atoms with van der Waals surface area (Å²) in [4.78, 5) is 26.2. The molecule has 3 heterocycles. The molecule has 4 aromatic rings. The van der Waals surface area contributed by atoms with Crippen LogP contribution in [0.15, 0.2) is 62.6 Å². The first kappa shape index (κ1) is 19.8. The van der Waals surface area contributed by atoms with E-state index in [1.165, 1.54) is 11.6 Å². The van der Waals surface area contributed by atoms with Crippen LogP contribution < -0.4 is 11.2 Å². The number of hydrogen-bond acceptors (Lipinski definition) is 4. The van der Waals surface area contributed by atoms with E-state index < -0.39 is 11.8 Å². The summed E-state index contributed by atoms with van der Waals surface area (Å²) in [6, 6.07) is 14.6. The Hall–Kier alpha value is -3.10. The first-order valence-electron chi connectivity index (χ1n) is 9.87. The first-order chi connectivity index (χ1) is 14.9. The second-order valence-electron chi connectivity index (χ2n) is 7.64. The molecule has 1 aliphatic heterocycles. The number of aromatic hydroxyl groups is 1. The number of aromatic nitrogens is 3. The van der Waals surface area contributed by atoms with Crippen LogP contribution in [0.25, 0.3) is 22.2 Å². The van der Waals surface area contributed by atoms with E-state index in [0.29, 0.717) is 24.1 Å². The van der Waals surface area contributed by atoms with Crippen molar-refractivity contribution < 1.29 is 9.84 Å². The van der Waals surface area contributed by atoms with Gasteiger partial charge in [-0.05, 0) is 23.8 Å². The zero-order chi connectivity index (χ0) is 21.9. The van der Waals surface area contributed by atoms with Gasteiger partial charge in [-0.25, -0.2) is 4.79 Å². The molecule has 0 radical (unpaired) electrons. The summed E-state index contributed by atoms with van der Waals surface area (Å²) in [7, 11) is 3.16. The van der Waals surface area contributed by atoms with E-state index in [0.717, 1.165) is 31.6 Å². The van der Waals surface area contributed by atoms with Gasteiger partial charge in [-0.3, -0.25) is 13.9 Å². The quantitative estimate of drug-likeness (QED) is 0.476. The first-order valence-corrected chi connectivity index (χ1v) is 10.7. The lowest BCUT2D eigenvalue weighted by Crippen LogP contribution is -2.37. The number of halogens is 1. The fourth-order valence-corrected chi connectivity index (χ4v) is 4.93. The minimum atomic E-state index is -0.530. The summed E-state index contributed by atoms with van der Waals surface area (Å²) < 4.78 is 11.7. The molecule has 1 N–H and O–H groups in total. The molecule has 8 heteroatoms. The maximum absolute atomic E-state index is 13.4. The average molecular weight is 482 g/mol. The van der Waals surface area contributed by atoms with Crippen LogP contribution in [-0.4, -0.2) is 25.4 Å². The van der Waals surface area contributed by atoms with Gasteiger partial charge in [0.2, 0.25) is 0 Å². The molecule has 2 aromatic heterocycles. The van der Waals surface area contributed by atoms with Crippen LogP contribution in [0.4, 0.5) is 0 Å². The van der Waals surface area contributed by atoms with Gasteiger partial charge in [0.15, 0.2) is 0 Å². The largest absolute Gasteiger partial charge is 0.508 e. The Balaban J connectivity index is 1.98. The van der Waals surface area contributed by atoms with Crippen molar-refractivity contribution in [1.29, 1.82) is 0 Å². The third-order valence-corrected chi connectivity index (χ3v) is 6.55.